The molecule has 1 aliphatic heterocycles. The predicted octanol–water partition coefficient (Wildman–Crippen LogP) is 2.70. The molecule has 1 aromatic carbocycles. The zero-order chi connectivity index (χ0) is 19.6. The van der Waals surface area contributed by atoms with Crippen LogP contribution < -0.4 is 0 Å². The van der Waals surface area contributed by atoms with Gasteiger partial charge >= 0.3 is 0 Å². The second-order valence-corrected chi connectivity index (χ2v) is 9.15. The third-order valence-electron chi connectivity index (χ3n) is 5.44. The number of fused-ring (bicyclic) bond motifs is 1. The van der Waals surface area contributed by atoms with Crippen molar-refractivity contribution >= 4 is 22.0 Å². The van der Waals surface area contributed by atoms with E-state index >= 15 is 0 Å². The fraction of sp³-hybridized carbons (Fsp3) is 0.381. The maximum atomic E-state index is 13.0. The van der Waals surface area contributed by atoms with Gasteiger partial charge in [0, 0.05) is 32.3 Å². The van der Waals surface area contributed by atoms with Gasteiger partial charge in [0.2, 0.25) is 15.9 Å². The minimum Gasteiger partial charge on any atom is -0.465 e. The van der Waals surface area contributed by atoms with Gasteiger partial charge in [0.25, 0.3) is 0 Å². The number of hydrogen-bond acceptors (Lipinski definition) is 4. The zero-order valence-corrected chi connectivity index (χ0v) is 16.5. The van der Waals surface area contributed by atoms with E-state index in [4.69, 9.17) is 4.42 Å². The van der Waals surface area contributed by atoms with Crippen molar-refractivity contribution in [3.63, 3.8) is 0 Å². The maximum absolute atomic E-state index is 13.0. The van der Waals surface area contributed by atoms with Gasteiger partial charge in [-0.25, -0.2) is 8.42 Å². The Hall–Kier alpha value is -2.38. The minimum atomic E-state index is -3.53. The molecule has 28 heavy (non-hydrogen) atoms. The quantitative estimate of drug-likeness (QED) is 0.740. The van der Waals surface area contributed by atoms with Gasteiger partial charge < -0.3 is 9.32 Å². The molecule has 2 heterocycles. The second kappa shape index (κ2) is 7.93. The Bertz CT molecular complexity index is 972. The van der Waals surface area contributed by atoms with E-state index in [-0.39, 0.29) is 5.91 Å². The first-order valence-electron chi connectivity index (χ1n) is 9.66. The molecule has 6 nitrogen and oxygen atoms in total. The summed E-state index contributed by atoms with van der Waals surface area (Å²) in [4.78, 5) is 14.3. The lowest BCUT2D eigenvalue weighted by Gasteiger charge is -2.33. The molecule has 1 amide bonds. The number of amides is 1. The molecule has 4 rings (SSSR count). The molecule has 1 aliphatic carbocycles. The summed E-state index contributed by atoms with van der Waals surface area (Å²) in [6.07, 6.45) is 8.90. The van der Waals surface area contributed by atoms with Crippen LogP contribution in [0.1, 0.15) is 29.7 Å². The van der Waals surface area contributed by atoms with Gasteiger partial charge in [-0.05, 0) is 67.2 Å². The van der Waals surface area contributed by atoms with Gasteiger partial charge in [-0.15, -0.1) is 0 Å². The lowest BCUT2D eigenvalue weighted by Crippen LogP contribution is -2.50. The molecule has 2 aliphatic rings. The number of carbonyl (C=O) groups is 1. The molecule has 7 heteroatoms. The third kappa shape index (κ3) is 3.91. The molecular formula is C21H24N2O4S. The highest BCUT2D eigenvalue weighted by molar-refractivity contribution is 7.89. The van der Waals surface area contributed by atoms with Crippen molar-refractivity contribution in [1.29, 1.82) is 0 Å². The maximum Gasteiger partial charge on any atom is 0.246 e. The van der Waals surface area contributed by atoms with Crippen LogP contribution in [-0.2, 0) is 27.7 Å². The molecule has 0 atom stereocenters. The Kier molecular flexibility index (Phi) is 5.37. The van der Waals surface area contributed by atoms with E-state index in [1.54, 1.807) is 35.4 Å². The number of carbonyl (C=O) groups excluding carboxylic acids is 1. The van der Waals surface area contributed by atoms with E-state index in [1.165, 1.54) is 22.4 Å². The average molecular weight is 401 g/mol. The van der Waals surface area contributed by atoms with Gasteiger partial charge in [-0.1, -0.05) is 6.07 Å². The molecule has 0 unspecified atom stereocenters. The highest BCUT2D eigenvalue weighted by Gasteiger charge is 2.30. The van der Waals surface area contributed by atoms with Crippen LogP contribution in [0.15, 0.2) is 52.0 Å². The first-order chi connectivity index (χ1) is 13.5. The van der Waals surface area contributed by atoms with Crippen LogP contribution in [0, 0.1) is 0 Å². The van der Waals surface area contributed by atoms with Crippen molar-refractivity contribution in [2.24, 2.45) is 0 Å². The smallest absolute Gasteiger partial charge is 0.246 e. The Labute approximate surface area is 165 Å². The fourth-order valence-electron chi connectivity index (χ4n) is 3.81. The molecule has 1 saturated heterocycles. The number of nitrogens with zero attached hydrogens (tertiary/aromatic N) is 2. The third-order valence-corrected chi connectivity index (χ3v) is 7.34. The van der Waals surface area contributed by atoms with Crippen molar-refractivity contribution in [2.45, 2.75) is 30.6 Å². The minimum absolute atomic E-state index is 0.137. The largest absolute Gasteiger partial charge is 0.465 e. The van der Waals surface area contributed by atoms with E-state index in [0.29, 0.717) is 36.8 Å². The first-order valence-corrected chi connectivity index (χ1v) is 11.1. The first kappa shape index (κ1) is 19.0. The molecule has 0 radical (unpaired) electrons. The number of furan rings is 1. The van der Waals surface area contributed by atoms with Crippen LogP contribution in [0.2, 0.25) is 0 Å². The Morgan fingerprint density at radius 2 is 1.75 bits per heavy atom. The Morgan fingerprint density at radius 1 is 1.00 bits per heavy atom. The number of hydrogen-bond donors (Lipinski definition) is 0. The van der Waals surface area contributed by atoms with Gasteiger partial charge in [0.1, 0.15) is 5.76 Å². The van der Waals surface area contributed by atoms with Gasteiger partial charge in [0.05, 0.1) is 11.2 Å². The zero-order valence-electron chi connectivity index (χ0n) is 15.7. The van der Waals surface area contributed by atoms with Gasteiger partial charge in [-0.3, -0.25) is 4.79 Å². The van der Waals surface area contributed by atoms with Crippen LogP contribution in [0.4, 0.5) is 0 Å². The molecule has 1 aromatic heterocycles. The second-order valence-electron chi connectivity index (χ2n) is 7.22. The number of sulfonamides is 1. The molecule has 0 spiro atoms. The van der Waals surface area contributed by atoms with E-state index in [9.17, 15) is 13.2 Å². The van der Waals surface area contributed by atoms with Crippen molar-refractivity contribution in [3.8, 4) is 0 Å². The van der Waals surface area contributed by atoms with Gasteiger partial charge in [0.15, 0.2) is 0 Å². The number of rotatable bonds is 4. The van der Waals surface area contributed by atoms with Crippen molar-refractivity contribution in [1.82, 2.24) is 9.21 Å². The highest BCUT2D eigenvalue weighted by Crippen LogP contribution is 2.26. The van der Waals surface area contributed by atoms with Crippen molar-refractivity contribution in [3.05, 3.63) is 59.6 Å². The van der Waals surface area contributed by atoms with Crippen LogP contribution in [0.3, 0.4) is 0 Å². The number of benzene rings is 1. The van der Waals surface area contributed by atoms with E-state index in [2.05, 4.69) is 0 Å². The Balaban J connectivity index is 1.40. The topological polar surface area (TPSA) is 70.8 Å². The van der Waals surface area contributed by atoms with Gasteiger partial charge in [-0.2, -0.15) is 4.31 Å². The number of aryl methyl sites for hydroxylation is 2. The van der Waals surface area contributed by atoms with E-state index in [1.807, 2.05) is 12.1 Å². The predicted molar refractivity (Wildman–Crippen MR) is 106 cm³/mol. The molecular weight excluding hydrogens is 376 g/mol. The van der Waals surface area contributed by atoms with Crippen molar-refractivity contribution in [2.75, 3.05) is 26.2 Å². The summed E-state index contributed by atoms with van der Waals surface area (Å²) in [5.74, 6) is 0.476. The highest BCUT2D eigenvalue weighted by atomic mass is 32.2. The average Bonchev–Trinajstić information content (AvgIpc) is 3.25. The summed E-state index contributed by atoms with van der Waals surface area (Å²) in [7, 11) is -3.53. The van der Waals surface area contributed by atoms with Crippen LogP contribution in [0.5, 0.6) is 0 Å². The summed E-state index contributed by atoms with van der Waals surface area (Å²) < 4.78 is 32.7. The molecule has 2 aromatic rings. The Morgan fingerprint density at radius 3 is 2.46 bits per heavy atom. The lowest BCUT2D eigenvalue weighted by atomic mass is 9.92. The standard InChI is InChI=1S/C21H24N2O4S/c24-21(10-8-19-6-3-15-27-19)22-11-13-23(14-12-22)28(25,26)20-9-7-17-4-1-2-5-18(17)16-20/h3,6-10,15-16H,1-2,4-5,11-14H2. The summed E-state index contributed by atoms with van der Waals surface area (Å²) in [5, 5.41) is 0. The van der Waals surface area contributed by atoms with E-state index < -0.39 is 10.0 Å². The molecule has 0 N–H and O–H groups in total. The molecule has 0 bridgehead atoms. The lowest BCUT2D eigenvalue weighted by molar-refractivity contribution is -0.127. The number of piperazine rings is 1. The summed E-state index contributed by atoms with van der Waals surface area (Å²) in [5.41, 5.74) is 2.42. The van der Waals surface area contributed by atoms with Crippen LogP contribution in [0.25, 0.3) is 6.08 Å². The summed E-state index contributed by atoms with van der Waals surface area (Å²) >= 11 is 0. The summed E-state index contributed by atoms with van der Waals surface area (Å²) in [6, 6.07) is 9.05. The normalized spacial score (nSPS) is 18.4. The van der Waals surface area contributed by atoms with E-state index in [0.717, 1.165) is 24.8 Å². The molecule has 1 fully saturated rings. The monoisotopic (exact) mass is 400 g/mol. The van der Waals surface area contributed by atoms with Crippen LogP contribution >= 0.6 is 0 Å². The fourth-order valence-corrected chi connectivity index (χ4v) is 5.29. The summed E-state index contributed by atoms with van der Waals surface area (Å²) in [6.45, 7) is 1.37. The molecule has 0 saturated carbocycles. The van der Waals surface area contributed by atoms with Crippen molar-refractivity contribution < 1.29 is 17.6 Å². The molecule has 148 valence electrons. The SMILES string of the molecule is O=C(C=Cc1ccco1)N1CCN(S(=O)(=O)c2ccc3c(c2)CCCC3)CC1. The van der Waals surface area contributed by atoms with Crippen LogP contribution in [-0.4, -0.2) is 49.7 Å².